The van der Waals surface area contributed by atoms with E-state index < -0.39 is 0 Å². The minimum absolute atomic E-state index is 0.00492. The number of rotatable bonds is 3. The summed E-state index contributed by atoms with van der Waals surface area (Å²) < 4.78 is 15.2. The third kappa shape index (κ3) is 3.03. The Balaban J connectivity index is 1.41. The van der Waals surface area contributed by atoms with Crippen LogP contribution in [0.15, 0.2) is 24.3 Å². The standard InChI is InChI=1S/C17H21FN6O/c1-2-15-21-22-16-10-23(7-8-24(15)16)17(25)14-9-13(19-20-14)11-3-5-12(18)6-4-11/h3-6,13-14,19-20H,2,7-10H2,1H3. The van der Waals surface area contributed by atoms with Gasteiger partial charge in [0.05, 0.1) is 6.54 Å². The number of nitrogens with zero attached hydrogens (tertiary/aromatic N) is 4. The Morgan fingerprint density at radius 3 is 2.80 bits per heavy atom. The third-order valence-electron chi connectivity index (χ3n) is 4.93. The zero-order valence-corrected chi connectivity index (χ0v) is 14.1. The van der Waals surface area contributed by atoms with Gasteiger partial charge in [-0.1, -0.05) is 19.1 Å². The highest BCUT2D eigenvalue weighted by Crippen LogP contribution is 2.24. The van der Waals surface area contributed by atoms with Crippen molar-refractivity contribution in [3.8, 4) is 0 Å². The number of aryl methyl sites for hydroxylation is 1. The highest BCUT2D eigenvalue weighted by atomic mass is 19.1. The molecule has 0 saturated carbocycles. The van der Waals surface area contributed by atoms with Crippen molar-refractivity contribution in [2.75, 3.05) is 6.54 Å². The van der Waals surface area contributed by atoms with Gasteiger partial charge in [-0.25, -0.2) is 15.2 Å². The predicted molar refractivity (Wildman–Crippen MR) is 88.6 cm³/mol. The Bertz CT molecular complexity index is 774. The van der Waals surface area contributed by atoms with Crippen LogP contribution in [-0.4, -0.2) is 38.2 Å². The Hall–Kier alpha value is -2.32. The molecule has 3 heterocycles. The number of hydrazine groups is 1. The van der Waals surface area contributed by atoms with E-state index in [1.165, 1.54) is 12.1 Å². The van der Waals surface area contributed by atoms with Crippen LogP contribution in [0.2, 0.25) is 0 Å². The lowest BCUT2D eigenvalue weighted by Crippen LogP contribution is -2.48. The van der Waals surface area contributed by atoms with Crippen molar-refractivity contribution in [3.05, 3.63) is 47.3 Å². The summed E-state index contributed by atoms with van der Waals surface area (Å²) in [5.74, 6) is 1.62. The maximum atomic E-state index is 13.1. The first-order valence-electron chi connectivity index (χ1n) is 8.62. The van der Waals surface area contributed by atoms with E-state index in [9.17, 15) is 9.18 Å². The number of nitrogens with one attached hydrogen (secondary N) is 2. The number of halogens is 1. The molecular weight excluding hydrogens is 323 g/mol. The minimum Gasteiger partial charge on any atom is -0.332 e. The second-order valence-electron chi connectivity index (χ2n) is 6.48. The van der Waals surface area contributed by atoms with Crippen LogP contribution >= 0.6 is 0 Å². The monoisotopic (exact) mass is 344 g/mol. The highest BCUT2D eigenvalue weighted by Gasteiger charge is 2.34. The van der Waals surface area contributed by atoms with Crippen LogP contribution in [0.4, 0.5) is 4.39 Å². The Kier molecular flexibility index (Phi) is 4.22. The van der Waals surface area contributed by atoms with Crippen LogP contribution in [0.1, 0.15) is 36.6 Å². The summed E-state index contributed by atoms with van der Waals surface area (Å²) in [7, 11) is 0. The summed E-state index contributed by atoms with van der Waals surface area (Å²) in [6, 6.07) is 6.07. The van der Waals surface area contributed by atoms with Crippen molar-refractivity contribution in [1.82, 2.24) is 30.5 Å². The number of aromatic nitrogens is 3. The molecule has 1 fully saturated rings. The summed E-state index contributed by atoms with van der Waals surface area (Å²) >= 11 is 0. The lowest BCUT2D eigenvalue weighted by Gasteiger charge is -2.29. The summed E-state index contributed by atoms with van der Waals surface area (Å²) in [5.41, 5.74) is 7.19. The summed E-state index contributed by atoms with van der Waals surface area (Å²) in [4.78, 5) is 14.7. The molecule has 0 aliphatic carbocycles. The number of hydrogen-bond donors (Lipinski definition) is 2. The maximum absolute atomic E-state index is 13.1. The van der Waals surface area contributed by atoms with Crippen LogP contribution in [0.3, 0.4) is 0 Å². The van der Waals surface area contributed by atoms with Crippen LogP contribution in [0, 0.1) is 5.82 Å². The largest absolute Gasteiger partial charge is 0.332 e. The van der Waals surface area contributed by atoms with E-state index in [1.54, 1.807) is 12.1 Å². The molecule has 1 saturated heterocycles. The minimum atomic E-state index is -0.296. The van der Waals surface area contributed by atoms with Gasteiger partial charge >= 0.3 is 0 Å². The van der Waals surface area contributed by atoms with Crippen molar-refractivity contribution < 1.29 is 9.18 Å². The highest BCUT2D eigenvalue weighted by molar-refractivity contribution is 5.82. The van der Waals surface area contributed by atoms with Gasteiger partial charge in [-0.15, -0.1) is 10.2 Å². The molecule has 2 aromatic rings. The van der Waals surface area contributed by atoms with Crippen molar-refractivity contribution in [3.63, 3.8) is 0 Å². The Morgan fingerprint density at radius 2 is 2.04 bits per heavy atom. The number of hydrogen-bond acceptors (Lipinski definition) is 5. The molecule has 1 aromatic carbocycles. The van der Waals surface area contributed by atoms with E-state index in [-0.39, 0.29) is 23.8 Å². The second-order valence-corrected chi connectivity index (χ2v) is 6.48. The zero-order valence-electron chi connectivity index (χ0n) is 14.1. The first-order valence-corrected chi connectivity index (χ1v) is 8.62. The zero-order chi connectivity index (χ0) is 17.4. The summed E-state index contributed by atoms with van der Waals surface area (Å²) in [5, 5.41) is 8.39. The quantitative estimate of drug-likeness (QED) is 0.866. The lowest BCUT2D eigenvalue weighted by molar-refractivity contribution is -0.134. The van der Waals surface area contributed by atoms with Crippen molar-refractivity contribution in [2.24, 2.45) is 0 Å². The molecule has 7 nitrogen and oxygen atoms in total. The molecule has 4 rings (SSSR count). The lowest BCUT2D eigenvalue weighted by atomic mass is 10.0. The van der Waals surface area contributed by atoms with Gasteiger partial charge in [0.1, 0.15) is 17.7 Å². The molecule has 1 aromatic heterocycles. The molecule has 25 heavy (non-hydrogen) atoms. The summed E-state index contributed by atoms with van der Waals surface area (Å²) in [6.07, 6.45) is 1.47. The molecule has 8 heteroatoms. The van der Waals surface area contributed by atoms with Gasteiger partial charge in [-0.05, 0) is 24.1 Å². The number of amides is 1. The molecule has 2 aliphatic rings. The van der Waals surface area contributed by atoms with Gasteiger partial charge in [0.25, 0.3) is 0 Å². The van der Waals surface area contributed by atoms with E-state index in [0.717, 1.165) is 30.2 Å². The Morgan fingerprint density at radius 1 is 1.24 bits per heavy atom. The van der Waals surface area contributed by atoms with Gasteiger partial charge in [0.2, 0.25) is 5.91 Å². The van der Waals surface area contributed by atoms with Crippen LogP contribution in [-0.2, 0) is 24.3 Å². The van der Waals surface area contributed by atoms with Crippen molar-refractivity contribution >= 4 is 5.91 Å². The van der Waals surface area contributed by atoms with Crippen LogP contribution in [0.25, 0.3) is 0 Å². The van der Waals surface area contributed by atoms with Gasteiger partial charge in [0.15, 0.2) is 5.82 Å². The normalized spacial score (nSPS) is 22.9. The molecule has 0 bridgehead atoms. The van der Waals surface area contributed by atoms with E-state index >= 15 is 0 Å². The fourth-order valence-electron chi connectivity index (χ4n) is 3.52. The van der Waals surface area contributed by atoms with Gasteiger partial charge in [-0.3, -0.25) is 4.79 Å². The van der Waals surface area contributed by atoms with Crippen molar-refractivity contribution in [2.45, 2.75) is 44.9 Å². The number of carbonyl (C=O) groups excluding carboxylic acids is 1. The second kappa shape index (κ2) is 6.53. The molecule has 0 radical (unpaired) electrons. The first-order chi connectivity index (χ1) is 12.2. The summed E-state index contributed by atoms with van der Waals surface area (Å²) in [6.45, 7) is 3.94. The molecule has 2 unspecified atom stereocenters. The molecule has 0 spiro atoms. The molecular formula is C17H21FN6O. The fraction of sp³-hybridized carbons (Fsp3) is 0.471. The van der Waals surface area contributed by atoms with E-state index in [4.69, 9.17) is 0 Å². The van der Waals surface area contributed by atoms with Crippen LogP contribution in [0.5, 0.6) is 0 Å². The molecule has 2 aliphatic heterocycles. The van der Waals surface area contributed by atoms with Crippen LogP contribution < -0.4 is 10.9 Å². The van der Waals surface area contributed by atoms with E-state index in [0.29, 0.717) is 19.5 Å². The topological polar surface area (TPSA) is 75.1 Å². The first kappa shape index (κ1) is 16.2. The third-order valence-corrected chi connectivity index (χ3v) is 4.93. The Labute approximate surface area is 145 Å². The maximum Gasteiger partial charge on any atom is 0.241 e. The average molecular weight is 344 g/mol. The van der Waals surface area contributed by atoms with Gasteiger partial charge in [0, 0.05) is 25.6 Å². The predicted octanol–water partition coefficient (Wildman–Crippen LogP) is 0.930. The van der Waals surface area contributed by atoms with E-state index in [1.807, 2.05) is 4.90 Å². The SMILES string of the molecule is CCc1nnc2n1CCN(C(=O)C1CC(c3ccc(F)cc3)NN1)C2. The molecule has 2 N–H and O–H groups in total. The van der Waals surface area contributed by atoms with E-state index in [2.05, 4.69) is 32.5 Å². The molecule has 1 amide bonds. The smallest absolute Gasteiger partial charge is 0.241 e. The van der Waals surface area contributed by atoms with Gasteiger partial charge in [-0.2, -0.15) is 0 Å². The number of carbonyl (C=O) groups is 1. The molecule has 132 valence electrons. The van der Waals surface area contributed by atoms with Crippen molar-refractivity contribution in [1.29, 1.82) is 0 Å². The fourth-order valence-corrected chi connectivity index (χ4v) is 3.52. The molecule has 2 atom stereocenters. The number of benzene rings is 1. The number of fused-ring (bicyclic) bond motifs is 1. The van der Waals surface area contributed by atoms with Gasteiger partial charge < -0.3 is 9.47 Å². The average Bonchev–Trinajstić information content (AvgIpc) is 3.28.